The number of hydrogen-bond donors (Lipinski definition) is 1. The van der Waals surface area contributed by atoms with Gasteiger partial charge in [-0.1, -0.05) is 11.3 Å². The second kappa shape index (κ2) is 11.1. The van der Waals surface area contributed by atoms with Crippen molar-refractivity contribution < 1.29 is 18.3 Å². The van der Waals surface area contributed by atoms with E-state index >= 15 is 0 Å². The first-order valence-corrected chi connectivity index (χ1v) is 13.0. The van der Waals surface area contributed by atoms with Crippen molar-refractivity contribution in [3.8, 4) is 5.19 Å². The largest absolute Gasteiger partial charge is 0.464 e. The normalized spacial score (nSPS) is 21.5. The maximum Gasteiger partial charge on any atom is 0.278 e. The summed E-state index contributed by atoms with van der Waals surface area (Å²) in [7, 11) is 0. The molecule has 0 bridgehead atoms. The van der Waals surface area contributed by atoms with Crippen LogP contribution < -0.4 is 10.1 Å². The second-order valence-corrected chi connectivity index (χ2v) is 10.7. The molecular weight excluding hydrogens is 458 g/mol. The van der Waals surface area contributed by atoms with Crippen molar-refractivity contribution in [1.82, 2.24) is 20.2 Å². The molecule has 9 heteroatoms. The molecule has 0 radical (unpaired) electrons. The van der Waals surface area contributed by atoms with E-state index in [2.05, 4.69) is 20.2 Å². The first-order chi connectivity index (χ1) is 16.3. The maximum absolute atomic E-state index is 13.0. The van der Waals surface area contributed by atoms with Gasteiger partial charge in [-0.25, -0.2) is 13.8 Å². The lowest BCUT2D eigenvalue weighted by atomic mass is 9.84. The quantitative estimate of drug-likeness (QED) is 0.581. The highest BCUT2D eigenvalue weighted by molar-refractivity contribution is 7.13. The SMILES string of the molecule is Cc1ncccc1C(=O)N[C@H]1CC[C@H](CCN2CCc3nc(OCC(C)(F)F)sc3CC2)CC1. The molecule has 0 saturated heterocycles. The number of ether oxygens (including phenoxy) is 1. The fraction of sp³-hybridized carbons (Fsp3) is 0.640. The number of nitrogens with one attached hydrogen (secondary N) is 1. The molecule has 1 N–H and O–H groups in total. The van der Waals surface area contributed by atoms with Gasteiger partial charge in [-0.3, -0.25) is 9.78 Å². The molecule has 6 nitrogen and oxygen atoms in total. The molecule has 0 spiro atoms. The summed E-state index contributed by atoms with van der Waals surface area (Å²) in [4.78, 5) is 24.9. The van der Waals surface area contributed by atoms with Gasteiger partial charge in [0.15, 0.2) is 6.61 Å². The molecule has 1 amide bonds. The fourth-order valence-electron chi connectivity index (χ4n) is 4.81. The van der Waals surface area contributed by atoms with E-state index in [0.717, 1.165) is 81.3 Å². The number of carbonyl (C=O) groups excluding carboxylic acids is 1. The number of carbonyl (C=O) groups is 1. The lowest BCUT2D eigenvalue weighted by molar-refractivity contribution is -0.0230. The molecule has 2 aromatic rings. The topological polar surface area (TPSA) is 67.4 Å². The number of hydrogen-bond acceptors (Lipinski definition) is 6. The zero-order valence-electron chi connectivity index (χ0n) is 20.0. The van der Waals surface area contributed by atoms with Gasteiger partial charge >= 0.3 is 0 Å². The third kappa shape index (κ3) is 6.95. The monoisotopic (exact) mass is 492 g/mol. The average molecular weight is 493 g/mol. The van der Waals surface area contributed by atoms with Crippen molar-refractivity contribution in [3.63, 3.8) is 0 Å². The molecule has 1 fully saturated rings. The van der Waals surface area contributed by atoms with Crippen molar-refractivity contribution >= 4 is 17.2 Å². The highest BCUT2D eigenvalue weighted by Gasteiger charge is 2.26. The van der Waals surface area contributed by atoms with Crippen LogP contribution in [0.4, 0.5) is 8.78 Å². The first-order valence-electron chi connectivity index (χ1n) is 12.2. The molecule has 0 atom stereocenters. The highest BCUT2D eigenvalue weighted by Crippen LogP contribution is 2.30. The van der Waals surface area contributed by atoms with Gasteiger partial charge < -0.3 is 15.0 Å². The Morgan fingerprint density at radius 2 is 2.03 bits per heavy atom. The van der Waals surface area contributed by atoms with Crippen LogP contribution in [0.5, 0.6) is 5.19 Å². The van der Waals surface area contributed by atoms with Crippen molar-refractivity contribution in [2.45, 2.75) is 70.8 Å². The number of fused-ring (bicyclic) bond motifs is 1. The van der Waals surface area contributed by atoms with Gasteiger partial charge in [0.25, 0.3) is 17.0 Å². The van der Waals surface area contributed by atoms with Gasteiger partial charge in [0.05, 0.1) is 11.3 Å². The van der Waals surface area contributed by atoms with Gasteiger partial charge in [-0.05, 0) is 70.0 Å². The van der Waals surface area contributed by atoms with E-state index in [-0.39, 0.29) is 11.9 Å². The van der Waals surface area contributed by atoms with Crippen molar-refractivity contribution in [2.24, 2.45) is 5.92 Å². The predicted molar refractivity (Wildman–Crippen MR) is 129 cm³/mol. The summed E-state index contributed by atoms with van der Waals surface area (Å²) in [6, 6.07) is 3.88. The number of rotatable bonds is 8. The number of aromatic nitrogens is 2. The lowest BCUT2D eigenvalue weighted by Gasteiger charge is -2.30. The van der Waals surface area contributed by atoms with E-state index in [1.54, 1.807) is 12.3 Å². The van der Waals surface area contributed by atoms with Crippen LogP contribution in [0, 0.1) is 12.8 Å². The number of pyridine rings is 1. The first kappa shape index (κ1) is 25.0. The summed E-state index contributed by atoms with van der Waals surface area (Å²) in [6.45, 7) is 5.07. The predicted octanol–water partition coefficient (Wildman–Crippen LogP) is 4.66. The van der Waals surface area contributed by atoms with E-state index in [9.17, 15) is 13.6 Å². The minimum Gasteiger partial charge on any atom is -0.464 e. The Morgan fingerprint density at radius 3 is 2.76 bits per heavy atom. The Morgan fingerprint density at radius 1 is 1.26 bits per heavy atom. The molecule has 2 aromatic heterocycles. The second-order valence-electron chi connectivity index (χ2n) is 9.67. The Hall–Kier alpha value is -2.13. The molecule has 1 saturated carbocycles. The van der Waals surface area contributed by atoms with E-state index in [0.29, 0.717) is 16.7 Å². The van der Waals surface area contributed by atoms with Crippen LogP contribution >= 0.6 is 11.3 Å². The third-order valence-electron chi connectivity index (χ3n) is 6.81. The Balaban J connectivity index is 1.16. The van der Waals surface area contributed by atoms with Gasteiger partial charge in [0.2, 0.25) is 0 Å². The summed E-state index contributed by atoms with van der Waals surface area (Å²) in [6.07, 6.45) is 8.94. The summed E-state index contributed by atoms with van der Waals surface area (Å²) in [5.41, 5.74) is 2.43. The molecule has 186 valence electrons. The smallest absolute Gasteiger partial charge is 0.278 e. The van der Waals surface area contributed by atoms with Crippen molar-refractivity contribution in [2.75, 3.05) is 26.2 Å². The maximum atomic E-state index is 13.0. The highest BCUT2D eigenvalue weighted by atomic mass is 32.1. The van der Waals surface area contributed by atoms with Crippen LogP contribution in [0.2, 0.25) is 0 Å². The summed E-state index contributed by atoms with van der Waals surface area (Å²) < 4.78 is 31.3. The molecule has 0 unspecified atom stereocenters. The van der Waals surface area contributed by atoms with Crippen LogP contribution in [0.3, 0.4) is 0 Å². The summed E-state index contributed by atoms with van der Waals surface area (Å²) in [5, 5.41) is 3.56. The van der Waals surface area contributed by atoms with Gasteiger partial charge in [0, 0.05) is 49.2 Å². The van der Waals surface area contributed by atoms with E-state index in [1.807, 2.05) is 13.0 Å². The summed E-state index contributed by atoms with van der Waals surface area (Å²) >= 11 is 1.41. The van der Waals surface area contributed by atoms with E-state index < -0.39 is 12.5 Å². The van der Waals surface area contributed by atoms with Crippen LogP contribution in [0.1, 0.15) is 65.7 Å². The standard InChI is InChI=1S/C25H34F2N4O2S/c1-17-20(4-3-12-28-17)23(32)29-19-7-5-18(6-8-19)9-13-31-14-10-21-22(11-15-31)34-24(30-21)33-16-25(2,26)27/h3-4,12,18-19H,5-11,13-16H2,1-2H3,(H,29,32)/t18-,19-. The van der Waals surface area contributed by atoms with Crippen molar-refractivity contribution in [3.05, 3.63) is 40.2 Å². The Bertz CT molecular complexity index is 945. The molecular formula is C25H34F2N4O2S. The number of alkyl halides is 2. The Kier molecular flexibility index (Phi) is 8.14. The molecule has 0 aromatic carbocycles. The number of thiazole rings is 1. The number of amides is 1. The van der Waals surface area contributed by atoms with Crippen LogP contribution in [0.25, 0.3) is 0 Å². The van der Waals surface area contributed by atoms with Gasteiger partial charge in [-0.2, -0.15) is 0 Å². The van der Waals surface area contributed by atoms with Crippen LogP contribution in [-0.4, -0.2) is 59.0 Å². The molecule has 2 aliphatic rings. The lowest BCUT2D eigenvalue weighted by Crippen LogP contribution is -2.38. The Labute approximate surface area is 204 Å². The average Bonchev–Trinajstić information content (AvgIpc) is 3.10. The minimum atomic E-state index is -2.84. The number of halogens is 2. The fourth-order valence-corrected chi connectivity index (χ4v) is 5.75. The van der Waals surface area contributed by atoms with Gasteiger partial charge in [-0.15, -0.1) is 0 Å². The van der Waals surface area contributed by atoms with Crippen molar-refractivity contribution in [1.29, 1.82) is 0 Å². The number of nitrogens with zero attached hydrogens (tertiary/aromatic N) is 3. The van der Waals surface area contributed by atoms with Crippen LogP contribution in [-0.2, 0) is 12.8 Å². The molecule has 4 rings (SSSR count). The molecule has 3 heterocycles. The number of aryl methyl sites for hydroxylation is 1. The van der Waals surface area contributed by atoms with E-state index in [4.69, 9.17) is 4.74 Å². The van der Waals surface area contributed by atoms with Gasteiger partial charge in [0.1, 0.15) is 0 Å². The third-order valence-corrected chi connectivity index (χ3v) is 7.88. The van der Waals surface area contributed by atoms with E-state index in [1.165, 1.54) is 17.8 Å². The zero-order valence-corrected chi connectivity index (χ0v) is 20.8. The molecule has 1 aliphatic carbocycles. The van der Waals surface area contributed by atoms with Crippen LogP contribution in [0.15, 0.2) is 18.3 Å². The molecule has 1 aliphatic heterocycles. The zero-order chi connectivity index (χ0) is 24.1. The molecule has 34 heavy (non-hydrogen) atoms. The minimum absolute atomic E-state index is 0.0170. The summed E-state index contributed by atoms with van der Waals surface area (Å²) in [5.74, 6) is -2.17.